The minimum Gasteiger partial charge on any atom is -0.397 e. The van der Waals surface area contributed by atoms with Gasteiger partial charge >= 0.3 is 0 Å². The van der Waals surface area contributed by atoms with Gasteiger partial charge in [-0.15, -0.1) is 0 Å². The first-order chi connectivity index (χ1) is 9.31. The van der Waals surface area contributed by atoms with Gasteiger partial charge in [0.1, 0.15) is 10.8 Å². The van der Waals surface area contributed by atoms with Gasteiger partial charge in [-0.25, -0.2) is 8.78 Å². The monoisotopic (exact) mass is 361 g/mol. The Morgan fingerprint density at radius 3 is 2.45 bits per heavy atom. The first kappa shape index (κ1) is 14.9. The number of nitrogens with one attached hydrogen (secondary N) is 1. The van der Waals surface area contributed by atoms with Gasteiger partial charge in [0, 0.05) is 5.69 Å². The smallest absolute Gasteiger partial charge is 0.169 e. The first-order valence-corrected chi connectivity index (χ1v) is 6.74. The lowest BCUT2D eigenvalue weighted by Crippen LogP contribution is -2.04. The van der Waals surface area contributed by atoms with Crippen LogP contribution < -0.4 is 16.8 Å². The van der Waals surface area contributed by atoms with Gasteiger partial charge in [0.2, 0.25) is 0 Å². The molecule has 2 aromatic rings. The van der Waals surface area contributed by atoms with Crippen molar-refractivity contribution >= 4 is 50.3 Å². The third-order valence-corrected chi connectivity index (χ3v) is 3.78. The van der Waals surface area contributed by atoms with Crippen molar-refractivity contribution < 1.29 is 8.78 Å². The van der Waals surface area contributed by atoms with Gasteiger partial charge in [0.05, 0.1) is 21.5 Å². The molecule has 3 nitrogen and oxygen atoms in total. The third kappa shape index (κ3) is 2.66. The molecule has 0 atom stereocenters. The minimum atomic E-state index is -0.771. The van der Waals surface area contributed by atoms with E-state index in [0.29, 0.717) is 15.7 Å². The van der Waals surface area contributed by atoms with Crippen molar-refractivity contribution in [2.45, 2.75) is 6.92 Å². The highest BCUT2D eigenvalue weighted by Gasteiger charge is 2.16. The van der Waals surface area contributed by atoms with Gasteiger partial charge in [-0.1, -0.05) is 11.6 Å². The van der Waals surface area contributed by atoms with Crippen molar-refractivity contribution in [3.05, 3.63) is 44.9 Å². The predicted molar refractivity (Wildman–Crippen MR) is 82.4 cm³/mol. The molecule has 0 amide bonds. The maximum Gasteiger partial charge on any atom is 0.169 e. The largest absolute Gasteiger partial charge is 0.397 e. The lowest BCUT2D eigenvalue weighted by Gasteiger charge is -2.15. The number of hydrogen-bond acceptors (Lipinski definition) is 3. The number of aryl methyl sites for hydroxylation is 1. The number of nitrogen functional groups attached to an aromatic ring is 2. The Kier molecular flexibility index (Phi) is 4.06. The normalized spacial score (nSPS) is 10.7. The summed E-state index contributed by atoms with van der Waals surface area (Å²) in [6.07, 6.45) is 0. The molecule has 0 aliphatic rings. The number of rotatable bonds is 2. The van der Waals surface area contributed by atoms with E-state index in [-0.39, 0.29) is 22.1 Å². The summed E-state index contributed by atoms with van der Waals surface area (Å²) in [6, 6.07) is 4.16. The van der Waals surface area contributed by atoms with E-state index < -0.39 is 11.6 Å². The summed E-state index contributed by atoms with van der Waals surface area (Å²) in [5, 5.41) is 2.52. The minimum absolute atomic E-state index is 0.0333. The second-order valence-electron chi connectivity index (χ2n) is 4.26. The van der Waals surface area contributed by atoms with E-state index in [4.69, 9.17) is 23.1 Å². The van der Waals surface area contributed by atoms with Crippen LogP contribution in [0.2, 0.25) is 5.02 Å². The summed E-state index contributed by atoms with van der Waals surface area (Å²) in [5.41, 5.74) is 12.4. The van der Waals surface area contributed by atoms with Crippen LogP contribution >= 0.6 is 27.5 Å². The molecule has 0 saturated carbocycles. The van der Waals surface area contributed by atoms with E-state index in [2.05, 4.69) is 21.2 Å². The molecule has 0 heterocycles. The van der Waals surface area contributed by atoms with Crippen molar-refractivity contribution in [2.24, 2.45) is 0 Å². The fraction of sp³-hybridized carbons (Fsp3) is 0.0769. The molecule has 0 aliphatic heterocycles. The van der Waals surface area contributed by atoms with Crippen LogP contribution in [0.1, 0.15) is 5.56 Å². The van der Waals surface area contributed by atoms with Crippen molar-refractivity contribution in [1.82, 2.24) is 0 Å². The van der Waals surface area contributed by atoms with Crippen LogP contribution in [0.5, 0.6) is 0 Å². The Bertz CT molecular complexity index is 692. The van der Waals surface area contributed by atoms with Crippen LogP contribution in [0.4, 0.5) is 31.5 Å². The van der Waals surface area contributed by atoms with Gasteiger partial charge in [0.15, 0.2) is 5.82 Å². The predicted octanol–water partition coefficient (Wildman–Crippen LogP) is 4.60. The molecule has 0 spiro atoms. The lowest BCUT2D eigenvalue weighted by atomic mass is 10.1. The van der Waals surface area contributed by atoms with E-state index in [9.17, 15) is 8.78 Å². The number of nitrogens with two attached hydrogens (primary N) is 2. The van der Waals surface area contributed by atoms with E-state index in [1.807, 2.05) is 0 Å². The third-order valence-electron chi connectivity index (χ3n) is 2.79. The topological polar surface area (TPSA) is 64.1 Å². The first-order valence-electron chi connectivity index (χ1n) is 5.57. The average molecular weight is 363 g/mol. The molecule has 5 N–H and O–H groups in total. The molecule has 0 aliphatic carbocycles. The molecule has 7 heteroatoms. The Morgan fingerprint density at radius 2 is 1.80 bits per heavy atom. The molecule has 0 unspecified atom stereocenters. The number of benzene rings is 2. The Morgan fingerprint density at radius 1 is 1.15 bits per heavy atom. The lowest BCUT2D eigenvalue weighted by molar-refractivity contribution is 0.620. The van der Waals surface area contributed by atoms with Gasteiger partial charge in [0.25, 0.3) is 0 Å². The molecule has 0 aromatic heterocycles. The number of anilines is 4. The molecule has 0 fully saturated rings. The molecule has 0 bridgehead atoms. The van der Waals surface area contributed by atoms with Gasteiger partial charge in [-0.05, 0) is 46.6 Å². The van der Waals surface area contributed by atoms with E-state index in [1.54, 1.807) is 13.0 Å². The average Bonchev–Trinajstić information content (AvgIpc) is 2.38. The molecular weight excluding hydrogens is 352 g/mol. The quantitative estimate of drug-likeness (QED) is 0.684. The second kappa shape index (κ2) is 5.46. The van der Waals surface area contributed by atoms with Crippen LogP contribution in [0.25, 0.3) is 0 Å². The fourth-order valence-electron chi connectivity index (χ4n) is 1.71. The molecule has 0 radical (unpaired) electrons. The fourth-order valence-corrected chi connectivity index (χ4v) is 2.32. The summed E-state index contributed by atoms with van der Waals surface area (Å²) >= 11 is 8.82. The summed E-state index contributed by atoms with van der Waals surface area (Å²) in [5.74, 6) is -1.24. The Labute approximate surface area is 128 Å². The second-order valence-corrected chi connectivity index (χ2v) is 5.50. The highest BCUT2D eigenvalue weighted by Crippen LogP contribution is 2.36. The van der Waals surface area contributed by atoms with Crippen LogP contribution in [0, 0.1) is 18.6 Å². The van der Waals surface area contributed by atoms with Crippen LogP contribution in [0.15, 0.2) is 22.7 Å². The summed E-state index contributed by atoms with van der Waals surface area (Å²) in [6.45, 7) is 1.75. The maximum absolute atomic E-state index is 14.1. The van der Waals surface area contributed by atoms with Gasteiger partial charge in [-0.2, -0.15) is 0 Å². The van der Waals surface area contributed by atoms with Crippen molar-refractivity contribution in [3.63, 3.8) is 0 Å². The van der Waals surface area contributed by atoms with Gasteiger partial charge < -0.3 is 16.8 Å². The van der Waals surface area contributed by atoms with Crippen molar-refractivity contribution in [3.8, 4) is 0 Å². The van der Waals surface area contributed by atoms with Crippen LogP contribution in [-0.4, -0.2) is 0 Å². The molecule has 2 rings (SSSR count). The zero-order valence-electron chi connectivity index (χ0n) is 10.4. The van der Waals surface area contributed by atoms with Crippen LogP contribution in [0.3, 0.4) is 0 Å². The summed E-state index contributed by atoms with van der Waals surface area (Å²) in [7, 11) is 0. The number of halogens is 4. The zero-order chi connectivity index (χ0) is 15.0. The van der Waals surface area contributed by atoms with E-state index >= 15 is 0 Å². The van der Waals surface area contributed by atoms with E-state index in [0.717, 1.165) is 0 Å². The molecule has 2 aromatic carbocycles. The molecule has 0 saturated heterocycles. The standard InChI is InChI=1S/C13H11BrClF2N3/c1-5-2-6(14)7(16)3-10(5)20-13-9(19)4-8(18)11(15)12(13)17/h2-4,20H,18-19H2,1H3. The van der Waals surface area contributed by atoms with Crippen molar-refractivity contribution in [2.75, 3.05) is 16.8 Å². The zero-order valence-corrected chi connectivity index (χ0v) is 12.7. The Hall–Kier alpha value is -1.53. The van der Waals surface area contributed by atoms with Crippen molar-refractivity contribution in [1.29, 1.82) is 0 Å². The van der Waals surface area contributed by atoms with E-state index in [1.165, 1.54) is 12.1 Å². The number of hydrogen-bond donors (Lipinski definition) is 3. The molecule has 20 heavy (non-hydrogen) atoms. The maximum atomic E-state index is 14.1. The molecular formula is C13H11BrClF2N3. The molecule has 106 valence electrons. The SMILES string of the molecule is Cc1cc(Br)c(F)cc1Nc1c(N)cc(N)c(Cl)c1F. The highest BCUT2D eigenvalue weighted by molar-refractivity contribution is 9.10. The summed E-state index contributed by atoms with van der Waals surface area (Å²) < 4.78 is 27.9. The Balaban J connectivity index is 2.51. The van der Waals surface area contributed by atoms with Gasteiger partial charge in [-0.3, -0.25) is 0 Å². The summed E-state index contributed by atoms with van der Waals surface area (Å²) in [4.78, 5) is 0. The highest BCUT2D eigenvalue weighted by atomic mass is 79.9. The van der Waals surface area contributed by atoms with Crippen LogP contribution in [-0.2, 0) is 0 Å².